The van der Waals surface area contributed by atoms with E-state index in [1.54, 1.807) is 28.8 Å². The van der Waals surface area contributed by atoms with Gasteiger partial charge < -0.3 is 5.11 Å². The fourth-order valence-corrected chi connectivity index (χ4v) is 2.45. The minimum Gasteiger partial charge on any atom is -0.478 e. The highest BCUT2D eigenvalue weighted by atomic mass is 35.5. The van der Waals surface area contributed by atoms with E-state index in [-0.39, 0.29) is 11.5 Å². The van der Waals surface area contributed by atoms with Gasteiger partial charge in [0, 0.05) is 6.20 Å². The summed E-state index contributed by atoms with van der Waals surface area (Å²) in [5.74, 6) is -0.186. The fourth-order valence-electron chi connectivity index (χ4n) is 2.29. The van der Waals surface area contributed by atoms with Crippen molar-refractivity contribution in [1.82, 2.24) is 9.38 Å². The van der Waals surface area contributed by atoms with Crippen LogP contribution < -0.4 is 0 Å². The van der Waals surface area contributed by atoms with Gasteiger partial charge >= 0.3 is 5.97 Å². The second-order valence-corrected chi connectivity index (χ2v) is 6.04. The van der Waals surface area contributed by atoms with E-state index in [0.29, 0.717) is 16.5 Å². The second kappa shape index (κ2) is 6.41. The molecule has 2 heterocycles. The number of rotatable bonds is 4. The van der Waals surface area contributed by atoms with Crippen molar-refractivity contribution in [2.45, 2.75) is 19.8 Å². The first-order valence-corrected chi connectivity index (χ1v) is 7.76. The molecular formula is C17H15ClN4O2. The molecule has 0 saturated heterocycles. The number of hydrogen-bond acceptors (Lipinski definition) is 4. The number of halogens is 1. The molecule has 24 heavy (non-hydrogen) atoms. The smallest absolute Gasteiger partial charge is 0.335 e. The number of nitrogens with zero attached hydrogens (tertiary/aromatic N) is 4. The monoisotopic (exact) mass is 342 g/mol. The molecular weight excluding hydrogens is 328 g/mol. The normalized spacial score (nSPS) is 11.7. The summed E-state index contributed by atoms with van der Waals surface area (Å²) in [7, 11) is 0. The molecule has 1 N–H and O–H groups in total. The largest absolute Gasteiger partial charge is 0.478 e. The van der Waals surface area contributed by atoms with Crippen molar-refractivity contribution in [1.29, 1.82) is 0 Å². The third-order valence-electron chi connectivity index (χ3n) is 3.50. The third-order valence-corrected chi connectivity index (χ3v) is 3.73. The number of aromatic nitrogens is 2. The van der Waals surface area contributed by atoms with Crippen LogP contribution in [0.5, 0.6) is 0 Å². The van der Waals surface area contributed by atoms with Crippen LogP contribution in [0.25, 0.3) is 5.65 Å². The van der Waals surface area contributed by atoms with Gasteiger partial charge in [-0.05, 0) is 42.3 Å². The average molecular weight is 343 g/mol. The number of hydrogen-bond donors (Lipinski definition) is 1. The molecule has 122 valence electrons. The fraction of sp³-hybridized carbons (Fsp3) is 0.176. The summed E-state index contributed by atoms with van der Waals surface area (Å²) in [6, 6.07) is 9.81. The number of carboxylic acids is 1. The van der Waals surface area contributed by atoms with Crippen molar-refractivity contribution in [2.75, 3.05) is 0 Å². The van der Waals surface area contributed by atoms with Crippen LogP contribution in [0.4, 0.5) is 11.5 Å². The summed E-state index contributed by atoms with van der Waals surface area (Å²) in [6.07, 6.45) is 1.75. The number of benzene rings is 1. The van der Waals surface area contributed by atoms with Gasteiger partial charge in [-0.25, -0.2) is 9.78 Å². The molecule has 0 aliphatic rings. The predicted octanol–water partition coefficient (Wildman–Crippen LogP) is 5.22. The van der Waals surface area contributed by atoms with E-state index >= 15 is 0 Å². The molecule has 3 rings (SSSR count). The third kappa shape index (κ3) is 3.14. The van der Waals surface area contributed by atoms with E-state index in [1.807, 2.05) is 19.9 Å². The number of imidazole rings is 1. The summed E-state index contributed by atoms with van der Waals surface area (Å²) >= 11 is 6.07. The van der Waals surface area contributed by atoms with Crippen LogP contribution in [0, 0.1) is 0 Å². The molecule has 1 aromatic carbocycles. The van der Waals surface area contributed by atoms with Crippen LogP contribution in [0.1, 0.15) is 35.8 Å². The number of carbonyl (C=O) groups is 1. The Balaban J connectivity index is 2.03. The lowest BCUT2D eigenvalue weighted by Crippen LogP contribution is -1.94. The van der Waals surface area contributed by atoms with E-state index in [0.717, 1.165) is 11.3 Å². The lowest BCUT2D eigenvalue weighted by Gasteiger charge is -2.02. The lowest BCUT2D eigenvalue weighted by atomic mass is 10.1. The van der Waals surface area contributed by atoms with Gasteiger partial charge in [0.15, 0.2) is 5.82 Å². The average Bonchev–Trinajstić information content (AvgIpc) is 2.91. The zero-order valence-corrected chi connectivity index (χ0v) is 13.9. The van der Waals surface area contributed by atoms with Crippen molar-refractivity contribution in [3.05, 3.63) is 58.9 Å². The molecule has 2 aromatic heterocycles. The highest BCUT2D eigenvalue weighted by molar-refractivity contribution is 6.30. The Morgan fingerprint density at radius 1 is 1.17 bits per heavy atom. The molecule has 0 bridgehead atoms. The second-order valence-electron chi connectivity index (χ2n) is 5.60. The van der Waals surface area contributed by atoms with Crippen LogP contribution in [0.15, 0.2) is 52.8 Å². The number of pyridine rings is 1. The topological polar surface area (TPSA) is 79.3 Å². The summed E-state index contributed by atoms with van der Waals surface area (Å²) in [6.45, 7) is 4.06. The molecule has 0 spiro atoms. The van der Waals surface area contributed by atoms with Crippen molar-refractivity contribution >= 4 is 34.7 Å². The number of carboxylic acid groups (broad SMARTS) is 1. The Morgan fingerprint density at radius 3 is 2.50 bits per heavy atom. The summed E-state index contributed by atoms with van der Waals surface area (Å²) in [5.41, 5.74) is 2.34. The summed E-state index contributed by atoms with van der Waals surface area (Å²) < 4.78 is 1.80. The maximum Gasteiger partial charge on any atom is 0.335 e. The number of azo groups is 1. The molecule has 0 aliphatic heterocycles. The lowest BCUT2D eigenvalue weighted by molar-refractivity contribution is 0.0697. The summed E-state index contributed by atoms with van der Waals surface area (Å²) in [4.78, 5) is 15.5. The Bertz CT molecular complexity index is 930. The Morgan fingerprint density at radius 2 is 1.88 bits per heavy atom. The zero-order valence-electron chi connectivity index (χ0n) is 13.1. The van der Waals surface area contributed by atoms with Gasteiger partial charge in [0.2, 0.25) is 0 Å². The van der Waals surface area contributed by atoms with E-state index in [9.17, 15) is 4.79 Å². The number of fused-ring (bicyclic) bond motifs is 1. The molecule has 0 aliphatic carbocycles. The maximum atomic E-state index is 10.9. The zero-order chi connectivity index (χ0) is 17.3. The van der Waals surface area contributed by atoms with Gasteiger partial charge in [0.1, 0.15) is 5.65 Å². The van der Waals surface area contributed by atoms with Crippen molar-refractivity contribution in [3.8, 4) is 0 Å². The highest BCUT2D eigenvalue weighted by Gasteiger charge is 2.15. The minimum atomic E-state index is -0.975. The van der Waals surface area contributed by atoms with Crippen LogP contribution in [-0.4, -0.2) is 20.5 Å². The quantitative estimate of drug-likeness (QED) is 0.659. The number of aromatic carboxylic acids is 1. The van der Waals surface area contributed by atoms with Gasteiger partial charge in [-0.3, -0.25) is 4.40 Å². The van der Waals surface area contributed by atoms with Crippen LogP contribution >= 0.6 is 11.6 Å². The van der Waals surface area contributed by atoms with E-state index < -0.39 is 5.97 Å². The van der Waals surface area contributed by atoms with E-state index in [2.05, 4.69) is 15.2 Å². The van der Waals surface area contributed by atoms with Crippen LogP contribution in [0.3, 0.4) is 0 Å². The van der Waals surface area contributed by atoms with Gasteiger partial charge in [0.25, 0.3) is 0 Å². The Hall–Kier alpha value is -2.73. The van der Waals surface area contributed by atoms with Gasteiger partial charge in [-0.1, -0.05) is 25.4 Å². The standard InChI is InChI=1S/C17H15ClN4O2/c1-10(2)15-16(22-9-12(18)5-8-14(22)19-15)21-20-13-6-3-11(4-7-13)17(23)24/h3-10H,1-2H3,(H,23,24). The molecule has 0 fully saturated rings. The van der Waals surface area contributed by atoms with E-state index in [1.165, 1.54) is 12.1 Å². The molecule has 0 atom stereocenters. The molecule has 6 nitrogen and oxygen atoms in total. The van der Waals surface area contributed by atoms with Gasteiger partial charge in [-0.2, -0.15) is 0 Å². The Labute approximate surface area is 143 Å². The predicted molar refractivity (Wildman–Crippen MR) is 91.9 cm³/mol. The van der Waals surface area contributed by atoms with Gasteiger partial charge in [-0.15, -0.1) is 10.2 Å². The SMILES string of the molecule is CC(C)c1nc2ccc(Cl)cn2c1N=Nc1ccc(C(=O)O)cc1. The molecule has 3 aromatic rings. The molecule has 7 heteroatoms. The highest BCUT2D eigenvalue weighted by Crippen LogP contribution is 2.30. The van der Waals surface area contributed by atoms with Crippen molar-refractivity contribution < 1.29 is 9.90 Å². The van der Waals surface area contributed by atoms with Crippen molar-refractivity contribution in [3.63, 3.8) is 0 Å². The minimum absolute atomic E-state index is 0.173. The van der Waals surface area contributed by atoms with Crippen LogP contribution in [0.2, 0.25) is 5.02 Å². The molecule has 0 radical (unpaired) electrons. The van der Waals surface area contributed by atoms with E-state index in [4.69, 9.17) is 16.7 Å². The summed E-state index contributed by atoms with van der Waals surface area (Å²) in [5, 5.41) is 18.0. The van der Waals surface area contributed by atoms with Gasteiger partial charge in [0.05, 0.1) is 22.0 Å². The first-order valence-electron chi connectivity index (χ1n) is 7.38. The van der Waals surface area contributed by atoms with Crippen LogP contribution in [-0.2, 0) is 0 Å². The first kappa shape index (κ1) is 16.1. The first-order chi connectivity index (χ1) is 11.5. The molecule has 0 saturated carbocycles. The Kier molecular flexibility index (Phi) is 4.31. The maximum absolute atomic E-state index is 10.9. The molecule has 0 unspecified atom stereocenters. The van der Waals surface area contributed by atoms with Crippen molar-refractivity contribution in [2.24, 2.45) is 10.2 Å². The molecule has 0 amide bonds.